The fourth-order valence-corrected chi connectivity index (χ4v) is 4.68. The fraction of sp³-hybridized carbons (Fsp3) is 0.435. The highest BCUT2D eigenvalue weighted by Gasteiger charge is 2.24. The van der Waals surface area contributed by atoms with Crippen LogP contribution in [0.25, 0.3) is 0 Å². The first kappa shape index (κ1) is 23.2. The number of methoxy groups -OCH3 is 1. The van der Waals surface area contributed by atoms with Gasteiger partial charge in [0.1, 0.15) is 5.75 Å². The monoisotopic (exact) mass is 447 g/mol. The van der Waals surface area contributed by atoms with Crippen LogP contribution in [-0.4, -0.2) is 47.5 Å². The largest absolute Gasteiger partial charge is 0.497 e. The van der Waals surface area contributed by atoms with Gasteiger partial charge in [-0.3, -0.25) is 4.79 Å². The van der Waals surface area contributed by atoms with Gasteiger partial charge in [0.15, 0.2) is 6.29 Å². The van der Waals surface area contributed by atoms with Gasteiger partial charge in [-0.05, 0) is 81.2 Å². The van der Waals surface area contributed by atoms with Crippen molar-refractivity contribution in [3.05, 3.63) is 54.1 Å². The van der Waals surface area contributed by atoms with Crippen LogP contribution in [0.15, 0.2) is 58.3 Å². The molecule has 0 aliphatic carbocycles. The zero-order chi connectivity index (χ0) is 22.3. The van der Waals surface area contributed by atoms with E-state index in [0.29, 0.717) is 18.8 Å². The van der Waals surface area contributed by atoms with Crippen molar-refractivity contribution in [1.29, 1.82) is 0 Å². The number of piperidine rings is 1. The average molecular weight is 448 g/mol. The summed E-state index contributed by atoms with van der Waals surface area (Å²) in [5.41, 5.74) is 0.936. The molecule has 31 heavy (non-hydrogen) atoms. The van der Waals surface area contributed by atoms with E-state index in [1.165, 1.54) is 19.2 Å². The molecular formula is C23H29NO6S. The number of sulfone groups is 1. The van der Waals surface area contributed by atoms with E-state index in [9.17, 15) is 13.2 Å². The molecule has 0 bridgehead atoms. The quantitative estimate of drug-likeness (QED) is 0.467. The number of esters is 1. The molecule has 2 aromatic rings. The summed E-state index contributed by atoms with van der Waals surface area (Å²) in [6.07, 6.45) is 1.55. The summed E-state index contributed by atoms with van der Waals surface area (Å²) in [4.78, 5) is 12.6. The van der Waals surface area contributed by atoms with E-state index in [4.69, 9.17) is 14.2 Å². The number of hydrogen-bond donors (Lipinski definition) is 1. The van der Waals surface area contributed by atoms with Gasteiger partial charge in [-0.1, -0.05) is 12.1 Å². The smallest absolute Gasteiger partial charge is 0.311 e. The van der Waals surface area contributed by atoms with Crippen molar-refractivity contribution in [1.82, 2.24) is 5.32 Å². The average Bonchev–Trinajstić information content (AvgIpc) is 2.80. The lowest BCUT2D eigenvalue weighted by molar-refractivity contribution is -0.180. The van der Waals surface area contributed by atoms with E-state index in [1.54, 1.807) is 43.3 Å². The third-order valence-corrected chi connectivity index (χ3v) is 7.09. The highest BCUT2D eigenvalue weighted by Crippen LogP contribution is 2.23. The summed E-state index contributed by atoms with van der Waals surface area (Å²) in [7, 11) is -2.05. The van der Waals surface area contributed by atoms with Crippen LogP contribution in [0.3, 0.4) is 0 Å². The number of hydrogen-bond acceptors (Lipinski definition) is 7. The van der Waals surface area contributed by atoms with Crippen LogP contribution in [0, 0.1) is 5.92 Å². The molecule has 1 N–H and O–H groups in total. The highest BCUT2D eigenvalue weighted by molar-refractivity contribution is 7.91. The van der Waals surface area contributed by atoms with Crippen molar-refractivity contribution < 1.29 is 27.4 Å². The molecule has 1 saturated heterocycles. The van der Waals surface area contributed by atoms with Gasteiger partial charge in [-0.15, -0.1) is 0 Å². The highest BCUT2D eigenvalue weighted by atomic mass is 32.2. The lowest BCUT2D eigenvalue weighted by Crippen LogP contribution is -2.34. The van der Waals surface area contributed by atoms with E-state index in [-0.39, 0.29) is 21.7 Å². The van der Waals surface area contributed by atoms with Crippen LogP contribution in [0.1, 0.15) is 25.3 Å². The molecule has 168 valence electrons. The molecule has 0 amide bonds. The first-order valence-electron chi connectivity index (χ1n) is 10.4. The van der Waals surface area contributed by atoms with Crippen LogP contribution in [-0.2, 0) is 30.5 Å². The van der Waals surface area contributed by atoms with Gasteiger partial charge in [0.05, 0.1) is 29.4 Å². The molecule has 1 aliphatic rings. The molecule has 0 aromatic heterocycles. The topological polar surface area (TPSA) is 90.9 Å². The molecule has 0 spiro atoms. The molecule has 8 heteroatoms. The molecule has 7 nitrogen and oxygen atoms in total. The molecule has 0 saturated carbocycles. The number of nitrogens with one attached hydrogen (secondary N) is 1. The molecule has 3 rings (SSSR count). The van der Waals surface area contributed by atoms with E-state index < -0.39 is 16.1 Å². The number of carbonyl (C=O) groups excluding carboxylic acids is 1. The number of benzene rings is 2. The second kappa shape index (κ2) is 10.7. The van der Waals surface area contributed by atoms with Crippen LogP contribution in [0.5, 0.6) is 5.75 Å². The summed E-state index contributed by atoms with van der Waals surface area (Å²) in [5, 5.41) is 3.22. The Morgan fingerprint density at radius 1 is 1.03 bits per heavy atom. The Balaban J connectivity index is 1.49. The Labute approximate surface area is 183 Å². The van der Waals surface area contributed by atoms with Crippen LogP contribution >= 0.6 is 0 Å². The van der Waals surface area contributed by atoms with Crippen LogP contribution in [0.2, 0.25) is 0 Å². The number of rotatable bonds is 9. The van der Waals surface area contributed by atoms with Gasteiger partial charge in [-0.2, -0.15) is 0 Å². The first-order chi connectivity index (χ1) is 14.9. The predicted molar refractivity (Wildman–Crippen MR) is 116 cm³/mol. The summed E-state index contributed by atoms with van der Waals surface area (Å²) in [5.74, 6) is 0.333. The Kier molecular flexibility index (Phi) is 8.06. The maximum absolute atomic E-state index is 12.8. The molecular weight excluding hydrogens is 418 g/mol. The van der Waals surface area contributed by atoms with Gasteiger partial charge in [0.25, 0.3) is 0 Å². The van der Waals surface area contributed by atoms with Gasteiger partial charge in [0.2, 0.25) is 9.84 Å². The minimum atomic E-state index is -3.59. The summed E-state index contributed by atoms with van der Waals surface area (Å²) in [6.45, 7) is 3.74. The molecule has 1 unspecified atom stereocenters. The Morgan fingerprint density at radius 3 is 2.19 bits per heavy atom. The van der Waals surface area contributed by atoms with Crippen molar-refractivity contribution in [2.45, 2.75) is 42.3 Å². The van der Waals surface area contributed by atoms with Crippen molar-refractivity contribution in [3.8, 4) is 5.75 Å². The number of carbonyl (C=O) groups is 1. The van der Waals surface area contributed by atoms with Gasteiger partial charge < -0.3 is 19.5 Å². The van der Waals surface area contributed by atoms with Gasteiger partial charge in [0, 0.05) is 0 Å². The molecule has 0 radical (unpaired) electrons. The summed E-state index contributed by atoms with van der Waals surface area (Å²) >= 11 is 0. The third kappa shape index (κ3) is 6.29. The van der Waals surface area contributed by atoms with Crippen molar-refractivity contribution >= 4 is 15.8 Å². The molecule has 1 aliphatic heterocycles. The second-order valence-electron chi connectivity index (χ2n) is 7.47. The molecule has 2 aromatic carbocycles. The van der Waals surface area contributed by atoms with E-state index in [0.717, 1.165) is 31.5 Å². The summed E-state index contributed by atoms with van der Waals surface area (Å²) < 4.78 is 41.6. The minimum absolute atomic E-state index is 0.0625. The lowest BCUT2D eigenvalue weighted by Gasteiger charge is -2.23. The van der Waals surface area contributed by atoms with Crippen LogP contribution in [0.4, 0.5) is 0 Å². The van der Waals surface area contributed by atoms with Crippen molar-refractivity contribution in [3.63, 3.8) is 0 Å². The Hall–Kier alpha value is -2.42. The fourth-order valence-electron chi connectivity index (χ4n) is 3.42. The van der Waals surface area contributed by atoms with Crippen molar-refractivity contribution in [2.24, 2.45) is 5.92 Å². The number of ether oxygens (including phenoxy) is 3. The lowest BCUT2D eigenvalue weighted by atomic mass is 9.99. The normalized spacial score (nSPS) is 15.9. The Morgan fingerprint density at radius 2 is 1.61 bits per heavy atom. The molecule has 1 atom stereocenters. The molecule has 1 fully saturated rings. The maximum atomic E-state index is 12.8. The Bertz CT molecular complexity index is 951. The van der Waals surface area contributed by atoms with E-state index >= 15 is 0 Å². The van der Waals surface area contributed by atoms with E-state index in [2.05, 4.69) is 5.32 Å². The predicted octanol–water partition coefficient (Wildman–Crippen LogP) is 2.98. The zero-order valence-electron chi connectivity index (χ0n) is 17.9. The van der Waals surface area contributed by atoms with E-state index in [1.807, 2.05) is 0 Å². The minimum Gasteiger partial charge on any atom is -0.497 e. The standard InChI is InChI=1S/C23H29NO6S/c1-17(30-23(25)19-11-14-24-15-12-19)29-16-13-18-3-7-21(8-4-18)31(26,27)22-9-5-20(28-2)6-10-22/h3-10,17,19,24H,11-16H2,1-2H3. The zero-order valence-corrected chi connectivity index (χ0v) is 18.7. The van der Waals surface area contributed by atoms with Gasteiger partial charge in [-0.25, -0.2) is 8.42 Å². The van der Waals surface area contributed by atoms with Crippen LogP contribution < -0.4 is 10.1 Å². The second-order valence-corrected chi connectivity index (χ2v) is 9.42. The first-order valence-corrected chi connectivity index (χ1v) is 11.9. The SMILES string of the molecule is COc1ccc(S(=O)(=O)c2ccc(CCOC(C)OC(=O)C3CCNCC3)cc2)cc1. The molecule has 1 heterocycles. The van der Waals surface area contributed by atoms with Gasteiger partial charge >= 0.3 is 5.97 Å². The van der Waals surface area contributed by atoms with Crippen molar-refractivity contribution in [2.75, 3.05) is 26.8 Å². The maximum Gasteiger partial charge on any atom is 0.311 e. The summed E-state index contributed by atoms with van der Waals surface area (Å²) in [6, 6.07) is 13.0. The third-order valence-electron chi connectivity index (χ3n) is 5.30.